The van der Waals surface area contributed by atoms with Crippen LogP contribution in [-0.2, 0) is 16.1 Å². The normalized spacial score (nSPS) is 19.8. The minimum absolute atomic E-state index is 0.00621. The van der Waals surface area contributed by atoms with E-state index >= 15 is 0 Å². The zero-order valence-electron chi connectivity index (χ0n) is 21.0. The number of hydrogen-bond donors (Lipinski definition) is 1. The molecule has 1 aromatic carbocycles. The Hall–Kier alpha value is -3.46. The second-order valence-electron chi connectivity index (χ2n) is 9.95. The first-order valence-electron chi connectivity index (χ1n) is 12.7. The molecule has 0 bridgehead atoms. The van der Waals surface area contributed by atoms with E-state index in [1.54, 1.807) is 13.2 Å². The van der Waals surface area contributed by atoms with Crippen molar-refractivity contribution in [3.05, 3.63) is 59.8 Å². The van der Waals surface area contributed by atoms with Crippen molar-refractivity contribution in [2.45, 2.75) is 44.9 Å². The van der Waals surface area contributed by atoms with Crippen LogP contribution in [0.2, 0.25) is 0 Å². The Morgan fingerprint density at radius 2 is 1.89 bits per heavy atom. The molecule has 1 saturated carbocycles. The molecular formula is C27H34N6O3. The van der Waals surface area contributed by atoms with Crippen molar-refractivity contribution >= 4 is 23.8 Å². The Bertz CT molecular complexity index is 1120. The van der Waals surface area contributed by atoms with Crippen LogP contribution in [0.3, 0.4) is 0 Å². The molecular weight excluding hydrogens is 456 g/mol. The van der Waals surface area contributed by atoms with E-state index in [0.717, 1.165) is 43.2 Å². The second kappa shape index (κ2) is 10.3. The van der Waals surface area contributed by atoms with E-state index < -0.39 is 6.09 Å². The standard InChI is InChI=1S/C27H34N6O3/c1-4-24(34)33-13-11-32(12-14-33)23(15-19-5-6-19)21-9-7-20(8-10-21)18(2)29-26-28-16-22-17-36-27(35)31(3)25(22)30-26/h4,7-10,16,18-19,23H,1,5-6,11-15,17H2,2-3H3,(H,28,29,30)/t18-,23-/m0/s1. The zero-order chi connectivity index (χ0) is 25.2. The molecule has 2 aromatic rings. The highest BCUT2D eigenvalue weighted by Crippen LogP contribution is 2.40. The Kier molecular flexibility index (Phi) is 6.91. The smallest absolute Gasteiger partial charge is 0.415 e. The highest BCUT2D eigenvalue weighted by molar-refractivity contribution is 5.88. The maximum Gasteiger partial charge on any atom is 0.415 e. The zero-order valence-corrected chi connectivity index (χ0v) is 21.0. The SMILES string of the molecule is C=CC(=O)N1CCN([C@@H](CC2CC2)c2ccc([C@H](C)Nc3ncc4c(n3)N(C)C(=O)OC4)cc2)CC1. The summed E-state index contributed by atoms with van der Waals surface area (Å²) in [5, 5.41) is 3.36. The number of carbonyl (C=O) groups is 2. The van der Waals surface area contributed by atoms with Crippen LogP contribution in [0, 0.1) is 5.92 Å². The van der Waals surface area contributed by atoms with Crippen LogP contribution >= 0.6 is 0 Å². The maximum atomic E-state index is 12.0. The summed E-state index contributed by atoms with van der Waals surface area (Å²) in [6, 6.07) is 9.18. The summed E-state index contributed by atoms with van der Waals surface area (Å²) >= 11 is 0. The molecule has 0 unspecified atom stereocenters. The summed E-state index contributed by atoms with van der Waals surface area (Å²) in [7, 11) is 1.65. The molecule has 5 rings (SSSR count). The molecule has 2 atom stereocenters. The first kappa shape index (κ1) is 24.2. The van der Waals surface area contributed by atoms with E-state index in [2.05, 4.69) is 58.0 Å². The van der Waals surface area contributed by atoms with Gasteiger partial charge in [-0.1, -0.05) is 43.7 Å². The lowest BCUT2D eigenvalue weighted by Gasteiger charge is -2.39. The molecule has 190 valence electrons. The van der Waals surface area contributed by atoms with Gasteiger partial charge in [0.05, 0.1) is 11.6 Å². The molecule has 2 amide bonds. The van der Waals surface area contributed by atoms with Crippen LogP contribution in [0.15, 0.2) is 43.1 Å². The van der Waals surface area contributed by atoms with Crippen LogP contribution < -0.4 is 10.2 Å². The Morgan fingerprint density at radius 1 is 1.19 bits per heavy atom. The third kappa shape index (κ3) is 5.21. The molecule has 1 aliphatic carbocycles. The van der Waals surface area contributed by atoms with Crippen LogP contribution in [0.4, 0.5) is 16.6 Å². The molecule has 2 fully saturated rings. The van der Waals surface area contributed by atoms with Crippen LogP contribution in [0.5, 0.6) is 0 Å². The van der Waals surface area contributed by atoms with Crippen molar-refractivity contribution in [2.24, 2.45) is 5.92 Å². The summed E-state index contributed by atoms with van der Waals surface area (Å²) in [6.07, 6.45) is 6.50. The van der Waals surface area contributed by atoms with Gasteiger partial charge in [-0.3, -0.25) is 14.6 Å². The summed E-state index contributed by atoms with van der Waals surface area (Å²) in [6.45, 7) is 9.15. The Labute approximate surface area is 212 Å². The number of nitrogens with one attached hydrogen (secondary N) is 1. The van der Waals surface area contributed by atoms with Gasteiger partial charge in [0, 0.05) is 45.5 Å². The summed E-state index contributed by atoms with van der Waals surface area (Å²) < 4.78 is 5.09. The first-order valence-corrected chi connectivity index (χ1v) is 12.7. The molecule has 1 N–H and O–H groups in total. The van der Waals surface area contributed by atoms with Crippen molar-refractivity contribution in [3.8, 4) is 0 Å². The number of fused-ring (bicyclic) bond motifs is 1. The monoisotopic (exact) mass is 490 g/mol. The van der Waals surface area contributed by atoms with Gasteiger partial charge in [-0.2, -0.15) is 4.98 Å². The second-order valence-corrected chi connectivity index (χ2v) is 9.95. The number of benzene rings is 1. The molecule has 1 saturated heterocycles. The van der Waals surface area contributed by atoms with E-state index in [9.17, 15) is 9.59 Å². The Morgan fingerprint density at radius 3 is 2.56 bits per heavy atom. The fourth-order valence-electron chi connectivity index (χ4n) is 5.01. The van der Waals surface area contributed by atoms with E-state index in [4.69, 9.17) is 4.74 Å². The van der Waals surface area contributed by atoms with Gasteiger partial charge in [0.25, 0.3) is 0 Å². The number of anilines is 2. The van der Waals surface area contributed by atoms with Crippen LogP contribution in [-0.4, -0.2) is 65.0 Å². The third-order valence-electron chi connectivity index (χ3n) is 7.45. The van der Waals surface area contributed by atoms with Gasteiger partial charge < -0.3 is 15.0 Å². The first-order chi connectivity index (χ1) is 17.4. The predicted octanol–water partition coefficient (Wildman–Crippen LogP) is 3.91. The molecule has 1 aromatic heterocycles. The van der Waals surface area contributed by atoms with Gasteiger partial charge in [0.15, 0.2) is 0 Å². The number of piperazine rings is 1. The van der Waals surface area contributed by atoms with E-state index in [1.165, 1.54) is 35.8 Å². The quantitative estimate of drug-likeness (QED) is 0.561. The lowest BCUT2D eigenvalue weighted by atomic mass is 9.96. The van der Waals surface area contributed by atoms with Gasteiger partial charge >= 0.3 is 6.09 Å². The average Bonchev–Trinajstić information content (AvgIpc) is 3.74. The summed E-state index contributed by atoms with van der Waals surface area (Å²) in [4.78, 5) is 38.6. The summed E-state index contributed by atoms with van der Waals surface area (Å²) in [5.74, 6) is 1.88. The fourth-order valence-corrected chi connectivity index (χ4v) is 5.01. The average molecular weight is 491 g/mol. The van der Waals surface area contributed by atoms with Crippen LogP contribution in [0.25, 0.3) is 0 Å². The number of cyclic esters (lactones) is 1. The number of ether oxygens (including phenoxy) is 1. The van der Waals surface area contributed by atoms with Crippen LogP contribution in [0.1, 0.15) is 55.0 Å². The van der Waals surface area contributed by atoms with Crippen molar-refractivity contribution in [3.63, 3.8) is 0 Å². The fraction of sp³-hybridized carbons (Fsp3) is 0.481. The Balaban J connectivity index is 1.26. The van der Waals surface area contributed by atoms with Crippen molar-refractivity contribution in [1.29, 1.82) is 0 Å². The van der Waals surface area contributed by atoms with Gasteiger partial charge in [0.2, 0.25) is 11.9 Å². The topological polar surface area (TPSA) is 90.9 Å². The minimum atomic E-state index is -0.412. The lowest BCUT2D eigenvalue weighted by molar-refractivity contribution is -0.128. The molecule has 2 aliphatic heterocycles. The molecule has 9 nitrogen and oxygen atoms in total. The molecule has 9 heteroatoms. The van der Waals surface area contributed by atoms with Gasteiger partial charge in [0.1, 0.15) is 12.4 Å². The van der Waals surface area contributed by atoms with Crippen molar-refractivity contribution in [1.82, 2.24) is 19.8 Å². The van der Waals surface area contributed by atoms with E-state index in [-0.39, 0.29) is 18.6 Å². The number of aromatic nitrogens is 2. The van der Waals surface area contributed by atoms with Crippen molar-refractivity contribution < 1.29 is 14.3 Å². The number of hydrogen-bond acceptors (Lipinski definition) is 7. The van der Waals surface area contributed by atoms with Gasteiger partial charge in [-0.15, -0.1) is 0 Å². The predicted molar refractivity (Wildman–Crippen MR) is 138 cm³/mol. The number of amides is 2. The van der Waals surface area contributed by atoms with E-state index in [0.29, 0.717) is 17.8 Å². The molecule has 3 heterocycles. The minimum Gasteiger partial charge on any atom is -0.444 e. The lowest BCUT2D eigenvalue weighted by Crippen LogP contribution is -2.49. The largest absolute Gasteiger partial charge is 0.444 e. The molecule has 3 aliphatic rings. The van der Waals surface area contributed by atoms with E-state index in [1.807, 2.05) is 4.90 Å². The molecule has 36 heavy (non-hydrogen) atoms. The third-order valence-corrected chi connectivity index (χ3v) is 7.45. The van der Waals surface area contributed by atoms with Gasteiger partial charge in [-0.25, -0.2) is 9.78 Å². The number of carbonyl (C=O) groups excluding carboxylic acids is 2. The number of nitrogens with zero attached hydrogens (tertiary/aromatic N) is 5. The highest BCUT2D eigenvalue weighted by Gasteiger charge is 2.32. The van der Waals surface area contributed by atoms with Crippen molar-refractivity contribution in [2.75, 3.05) is 43.4 Å². The highest BCUT2D eigenvalue weighted by atomic mass is 16.6. The summed E-state index contributed by atoms with van der Waals surface area (Å²) in [5.41, 5.74) is 3.25. The molecule has 0 spiro atoms. The maximum absolute atomic E-state index is 12.0. The number of rotatable bonds is 8. The molecule has 0 radical (unpaired) electrons. The van der Waals surface area contributed by atoms with Gasteiger partial charge in [-0.05, 0) is 36.5 Å².